The van der Waals surface area contributed by atoms with Crippen LogP contribution in [0.5, 0.6) is 0 Å². The predicted octanol–water partition coefficient (Wildman–Crippen LogP) is 3.10. The third-order valence-electron chi connectivity index (χ3n) is 4.57. The van der Waals surface area contributed by atoms with Gasteiger partial charge in [-0.3, -0.25) is 4.79 Å². The minimum atomic E-state index is 0.315. The first kappa shape index (κ1) is 13.7. The summed E-state index contributed by atoms with van der Waals surface area (Å²) in [5, 5.41) is 0.815. The smallest absolute Gasteiger partial charge is 0.225 e. The lowest BCUT2D eigenvalue weighted by Gasteiger charge is -2.39. The van der Waals surface area contributed by atoms with Crippen LogP contribution >= 0.6 is 11.6 Å². The Hall–Kier alpha value is -1.22. The fourth-order valence-corrected chi connectivity index (χ4v) is 3.05. The lowest BCUT2D eigenvalue weighted by atomic mass is 9.84. The first-order valence-electron chi connectivity index (χ1n) is 7.45. The van der Waals surface area contributed by atoms with E-state index in [1.807, 2.05) is 17.9 Å². The van der Waals surface area contributed by atoms with Gasteiger partial charge >= 0.3 is 0 Å². The third-order valence-corrected chi connectivity index (χ3v) is 4.97. The van der Waals surface area contributed by atoms with E-state index in [0.717, 1.165) is 55.3 Å². The molecule has 1 saturated heterocycles. The minimum absolute atomic E-state index is 0.315. The molecule has 0 bridgehead atoms. The standard InChI is InChI=1S/C16H21ClN2O/c1-12-5-6-14(11-15(12)17)18-7-9-19(10-8-18)16(20)13-3-2-4-13/h5-6,11,13H,2-4,7-10H2,1H3. The van der Waals surface area contributed by atoms with E-state index in [-0.39, 0.29) is 0 Å². The maximum absolute atomic E-state index is 12.2. The van der Waals surface area contributed by atoms with E-state index in [2.05, 4.69) is 17.0 Å². The van der Waals surface area contributed by atoms with E-state index in [4.69, 9.17) is 11.6 Å². The summed E-state index contributed by atoms with van der Waals surface area (Å²) in [6.45, 7) is 5.48. The van der Waals surface area contributed by atoms with Gasteiger partial charge in [0.2, 0.25) is 5.91 Å². The van der Waals surface area contributed by atoms with Crippen molar-refractivity contribution in [3.05, 3.63) is 28.8 Å². The van der Waals surface area contributed by atoms with Crippen LogP contribution in [0.1, 0.15) is 24.8 Å². The van der Waals surface area contributed by atoms with Gasteiger partial charge < -0.3 is 9.80 Å². The number of aryl methyl sites for hydroxylation is 1. The SMILES string of the molecule is Cc1ccc(N2CCN(C(=O)C3CCC3)CC2)cc1Cl. The lowest BCUT2D eigenvalue weighted by molar-refractivity contribution is -0.138. The molecule has 1 aromatic carbocycles. The number of halogens is 1. The van der Waals surface area contributed by atoms with Crippen molar-refractivity contribution in [2.75, 3.05) is 31.1 Å². The van der Waals surface area contributed by atoms with Gasteiger partial charge in [0.25, 0.3) is 0 Å². The first-order valence-corrected chi connectivity index (χ1v) is 7.83. The molecule has 0 N–H and O–H groups in total. The molecule has 1 heterocycles. The Morgan fingerprint density at radius 2 is 1.90 bits per heavy atom. The van der Waals surface area contributed by atoms with Crippen molar-refractivity contribution in [3.63, 3.8) is 0 Å². The molecule has 0 spiro atoms. The molecule has 20 heavy (non-hydrogen) atoms. The van der Waals surface area contributed by atoms with Crippen LogP contribution in [0.25, 0.3) is 0 Å². The molecule has 1 aliphatic carbocycles. The number of nitrogens with zero attached hydrogens (tertiary/aromatic N) is 2. The van der Waals surface area contributed by atoms with Crippen LogP contribution in [0, 0.1) is 12.8 Å². The first-order chi connectivity index (χ1) is 9.65. The van der Waals surface area contributed by atoms with Crippen LogP contribution in [0.2, 0.25) is 5.02 Å². The van der Waals surface area contributed by atoms with Gasteiger partial charge in [-0.25, -0.2) is 0 Å². The van der Waals surface area contributed by atoms with Crippen molar-refractivity contribution in [2.24, 2.45) is 5.92 Å². The molecule has 2 fully saturated rings. The second-order valence-electron chi connectivity index (χ2n) is 5.87. The Labute approximate surface area is 125 Å². The Bertz CT molecular complexity index is 505. The van der Waals surface area contributed by atoms with E-state index in [0.29, 0.717) is 11.8 Å². The number of amides is 1. The molecule has 3 rings (SSSR count). The van der Waals surface area contributed by atoms with Crippen LogP contribution in [0.4, 0.5) is 5.69 Å². The summed E-state index contributed by atoms with van der Waals surface area (Å²) < 4.78 is 0. The van der Waals surface area contributed by atoms with Gasteiger partial charge in [0.1, 0.15) is 0 Å². The van der Waals surface area contributed by atoms with Crippen LogP contribution < -0.4 is 4.90 Å². The number of rotatable bonds is 2. The van der Waals surface area contributed by atoms with Crippen molar-refractivity contribution in [1.82, 2.24) is 4.90 Å². The van der Waals surface area contributed by atoms with Crippen molar-refractivity contribution < 1.29 is 4.79 Å². The third kappa shape index (κ3) is 2.64. The summed E-state index contributed by atoms with van der Waals surface area (Å²) >= 11 is 6.19. The van der Waals surface area contributed by atoms with Crippen molar-refractivity contribution in [3.8, 4) is 0 Å². The highest BCUT2D eigenvalue weighted by atomic mass is 35.5. The quantitative estimate of drug-likeness (QED) is 0.836. The molecule has 1 saturated carbocycles. The number of benzene rings is 1. The van der Waals surface area contributed by atoms with E-state index in [1.165, 1.54) is 6.42 Å². The van der Waals surface area contributed by atoms with Gasteiger partial charge in [-0.2, -0.15) is 0 Å². The second kappa shape index (κ2) is 5.65. The van der Waals surface area contributed by atoms with Gasteiger partial charge in [-0.15, -0.1) is 0 Å². The van der Waals surface area contributed by atoms with Gasteiger partial charge in [-0.1, -0.05) is 24.1 Å². The van der Waals surface area contributed by atoms with E-state index in [9.17, 15) is 4.79 Å². The van der Waals surface area contributed by atoms with Crippen LogP contribution in [-0.4, -0.2) is 37.0 Å². The predicted molar refractivity (Wildman–Crippen MR) is 82.3 cm³/mol. The van der Waals surface area contributed by atoms with E-state index in [1.54, 1.807) is 0 Å². The molecule has 2 aliphatic rings. The lowest BCUT2D eigenvalue weighted by Crippen LogP contribution is -2.51. The maximum atomic E-state index is 12.2. The van der Waals surface area contributed by atoms with Crippen molar-refractivity contribution in [2.45, 2.75) is 26.2 Å². The average Bonchev–Trinajstić information content (AvgIpc) is 2.40. The fourth-order valence-electron chi connectivity index (χ4n) is 2.88. The second-order valence-corrected chi connectivity index (χ2v) is 6.28. The largest absolute Gasteiger partial charge is 0.368 e. The molecule has 1 aliphatic heterocycles. The van der Waals surface area contributed by atoms with Gasteiger partial charge in [-0.05, 0) is 37.5 Å². The molecule has 4 heteroatoms. The molecule has 0 aromatic heterocycles. The molecular formula is C16H21ClN2O. The highest BCUT2D eigenvalue weighted by molar-refractivity contribution is 6.31. The Morgan fingerprint density at radius 1 is 1.20 bits per heavy atom. The minimum Gasteiger partial charge on any atom is -0.368 e. The van der Waals surface area contributed by atoms with Crippen LogP contribution in [0.15, 0.2) is 18.2 Å². The van der Waals surface area contributed by atoms with Crippen molar-refractivity contribution in [1.29, 1.82) is 0 Å². The topological polar surface area (TPSA) is 23.6 Å². The Kier molecular flexibility index (Phi) is 3.88. The van der Waals surface area contributed by atoms with Gasteiger partial charge in [0, 0.05) is 42.8 Å². The molecule has 108 valence electrons. The zero-order valence-electron chi connectivity index (χ0n) is 11.9. The molecular weight excluding hydrogens is 272 g/mol. The molecule has 1 amide bonds. The summed E-state index contributed by atoms with van der Waals surface area (Å²) in [5.74, 6) is 0.688. The van der Waals surface area contributed by atoms with Gasteiger partial charge in [0.15, 0.2) is 0 Å². The number of hydrogen-bond acceptors (Lipinski definition) is 2. The normalized spacial score (nSPS) is 19.9. The fraction of sp³-hybridized carbons (Fsp3) is 0.562. The summed E-state index contributed by atoms with van der Waals surface area (Å²) in [7, 11) is 0. The summed E-state index contributed by atoms with van der Waals surface area (Å²) in [6.07, 6.45) is 3.40. The number of piperazine rings is 1. The average molecular weight is 293 g/mol. The van der Waals surface area contributed by atoms with E-state index < -0.39 is 0 Å². The monoisotopic (exact) mass is 292 g/mol. The van der Waals surface area contributed by atoms with Crippen molar-refractivity contribution >= 4 is 23.2 Å². The molecule has 0 unspecified atom stereocenters. The van der Waals surface area contributed by atoms with Crippen LogP contribution in [-0.2, 0) is 4.79 Å². The van der Waals surface area contributed by atoms with E-state index >= 15 is 0 Å². The zero-order valence-corrected chi connectivity index (χ0v) is 12.7. The maximum Gasteiger partial charge on any atom is 0.225 e. The summed E-state index contributed by atoms with van der Waals surface area (Å²) in [4.78, 5) is 16.6. The number of carbonyl (C=O) groups excluding carboxylic acids is 1. The molecule has 3 nitrogen and oxygen atoms in total. The molecule has 1 aromatic rings. The Balaban J connectivity index is 1.60. The van der Waals surface area contributed by atoms with Gasteiger partial charge in [0.05, 0.1) is 0 Å². The number of carbonyl (C=O) groups is 1. The molecule has 0 atom stereocenters. The highest BCUT2D eigenvalue weighted by Gasteiger charge is 2.31. The summed E-state index contributed by atoms with van der Waals surface area (Å²) in [6, 6.07) is 6.20. The zero-order chi connectivity index (χ0) is 14.1. The Morgan fingerprint density at radius 3 is 2.45 bits per heavy atom. The van der Waals surface area contributed by atoms with Crippen LogP contribution in [0.3, 0.4) is 0 Å². The highest BCUT2D eigenvalue weighted by Crippen LogP contribution is 2.29. The number of hydrogen-bond donors (Lipinski definition) is 0. The summed E-state index contributed by atoms with van der Waals surface area (Å²) in [5.41, 5.74) is 2.27. The number of anilines is 1. The molecule has 0 radical (unpaired) electrons.